The van der Waals surface area contributed by atoms with Crippen molar-refractivity contribution >= 4 is 49.6 Å². The molecule has 11 aromatic carbocycles. The monoisotopic (exact) mass is 866 g/mol. The highest BCUT2D eigenvalue weighted by atomic mass is 16.5. The molecule has 0 amide bonds. The SMILES string of the molecule is c1ccc(-c2cccc(-c3ccccc3)c2N(c2ccc3c(c2)Oc2ccccc2C32c3ccccc3-c3cccc4cccc2c34)c2ccc3c(c2)c2ccccc2n3-c2ccccc2)cc1. The zero-order chi connectivity index (χ0) is 44.8. The van der Waals surface area contributed by atoms with Crippen LogP contribution < -0.4 is 9.64 Å². The topological polar surface area (TPSA) is 17.4 Å². The second-order valence-corrected chi connectivity index (χ2v) is 17.9. The number of anilines is 3. The molecule has 68 heavy (non-hydrogen) atoms. The first kappa shape index (κ1) is 38.4. The maximum absolute atomic E-state index is 7.25. The van der Waals surface area contributed by atoms with E-state index in [0.29, 0.717) is 0 Å². The van der Waals surface area contributed by atoms with Gasteiger partial charge in [0.15, 0.2) is 0 Å². The van der Waals surface area contributed by atoms with Crippen molar-refractivity contribution in [2.75, 3.05) is 4.90 Å². The Morgan fingerprint density at radius 3 is 1.68 bits per heavy atom. The summed E-state index contributed by atoms with van der Waals surface area (Å²) in [6, 6.07) is 92.9. The van der Waals surface area contributed by atoms with Crippen molar-refractivity contribution in [1.82, 2.24) is 4.57 Å². The third-order valence-corrected chi connectivity index (χ3v) is 14.4. The van der Waals surface area contributed by atoms with Crippen LogP contribution in [0.4, 0.5) is 17.1 Å². The summed E-state index contributed by atoms with van der Waals surface area (Å²) in [5.74, 6) is 1.69. The molecule has 1 unspecified atom stereocenters. The lowest BCUT2D eigenvalue weighted by molar-refractivity contribution is 0.435. The molecule has 0 radical (unpaired) electrons. The second-order valence-electron chi connectivity index (χ2n) is 17.9. The molecular weight excluding hydrogens is 825 g/mol. The van der Waals surface area contributed by atoms with E-state index in [1.165, 1.54) is 49.3 Å². The van der Waals surface area contributed by atoms with Crippen molar-refractivity contribution in [3.63, 3.8) is 0 Å². The van der Waals surface area contributed by atoms with Gasteiger partial charge in [0.05, 0.1) is 22.1 Å². The molecule has 318 valence electrons. The molecule has 3 nitrogen and oxygen atoms in total. The van der Waals surface area contributed by atoms with Crippen LogP contribution in [-0.4, -0.2) is 4.57 Å². The normalized spacial score (nSPS) is 14.4. The van der Waals surface area contributed by atoms with Gasteiger partial charge in [-0.2, -0.15) is 0 Å². The number of para-hydroxylation sites is 4. The number of nitrogens with zero attached hydrogens (tertiary/aromatic N) is 2. The third-order valence-electron chi connectivity index (χ3n) is 14.4. The van der Waals surface area contributed by atoms with Gasteiger partial charge in [0.2, 0.25) is 0 Å². The van der Waals surface area contributed by atoms with Gasteiger partial charge in [-0.3, -0.25) is 0 Å². The molecule has 0 bridgehead atoms. The van der Waals surface area contributed by atoms with E-state index in [-0.39, 0.29) is 0 Å². The molecule has 0 fully saturated rings. The summed E-state index contributed by atoms with van der Waals surface area (Å²) in [6.07, 6.45) is 0. The first-order chi connectivity index (χ1) is 33.8. The number of fused-ring (bicyclic) bond motifs is 11. The van der Waals surface area contributed by atoms with E-state index in [4.69, 9.17) is 4.74 Å². The number of ether oxygens (including phenoxy) is 1. The van der Waals surface area contributed by atoms with Crippen LogP contribution in [0.2, 0.25) is 0 Å². The molecule has 0 N–H and O–H groups in total. The highest BCUT2D eigenvalue weighted by Gasteiger charge is 2.49. The van der Waals surface area contributed by atoms with Gasteiger partial charge in [0.1, 0.15) is 11.5 Å². The van der Waals surface area contributed by atoms with E-state index in [0.717, 1.165) is 73.1 Å². The summed E-state index contributed by atoms with van der Waals surface area (Å²) >= 11 is 0. The second kappa shape index (κ2) is 15.1. The number of benzene rings is 11. The molecule has 1 atom stereocenters. The highest BCUT2D eigenvalue weighted by Crippen LogP contribution is 2.62. The van der Waals surface area contributed by atoms with E-state index in [1.54, 1.807) is 0 Å². The van der Waals surface area contributed by atoms with Crippen LogP contribution >= 0.6 is 0 Å². The van der Waals surface area contributed by atoms with Crippen molar-refractivity contribution < 1.29 is 4.74 Å². The van der Waals surface area contributed by atoms with E-state index in [2.05, 4.69) is 264 Å². The number of hydrogen-bond donors (Lipinski definition) is 0. The van der Waals surface area contributed by atoms with E-state index < -0.39 is 5.41 Å². The molecule has 2 heterocycles. The Labute approximate surface area is 395 Å². The van der Waals surface area contributed by atoms with E-state index in [9.17, 15) is 0 Å². The lowest BCUT2D eigenvalue weighted by Gasteiger charge is -2.45. The first-order valence-corrected chi connectivity index (χ1v) is 23.4. The van der Waals surface area contributed by atoms with Crippen molar-refractivity contribution in [1.29, 1.82) is 0 Å². The Morgan fingerprint density at radius 2 is 0.897 bits per heavy atom. The summed E-state index contributed by atoms with van der Waals surface area (Å²) in [7, 11) is 0. The Bertz CT molecular complexity index is 3890. The lowest BCUT2D eigenvalue weighted by Crippen LogP contribution is -2.36. The Kier molecular flexibility index (Phi) is 8.50. The van der Waals surface area contributed by atoms with Gasteiger partial charge in [0.25, 0.3) is 0 Å². The largest absolute Gasteiger partial charge is 0.457 e. The molecule has 0 saturated heterocycles. The minimum atomic E-state index is -0.646. The smallest absolute Gasteiger partial charge is 0.134 e. The maximum atomic E-state index is 7.25. The van der Waals surface area contributed by atoms with E-state index in [1.807, 2.05) is 0 Å². The predicted molar refractivity (Wildman–Crippen MR) is 281 cm³/mol. The van der Waals surface area contributed by atoms with Gasteiger partial charge in [0, 0.05) is 56.2 Å². The summed E-state index contributed by atoms with van der Waals surface area (Å²) in [5, 5.41) is 4.90. The van der Waals surface area contributed by atoms with Gasteiger partial charge in [-0.1, -0.05) is 200 Å². The Balaban J connectivity index is 1.08. The minimum Gasteiger partial charge on any atom is -0.457 e. The van der Waals surface area contributed by atoms with Crippen LogP contribution in [0.15, 0.2) is 255 Å². The van der Waals surface area contributed by atoms with Crippen LogP contribution in [0.25, 0.3) is 71.6 Å². The average Bonchev–Trinajstić information content (AvgIpc) is 3.74. The first-order valence-electron chi connectivity index (χ1n) is 23.4. The fraction of sp³-hybridized carbons (Fsp3) is 0.0154. The molecule has 12 aromatic rings. The number of hydrogen-bond acceptors (Lipinski definition) is 2. The van der Waals surface area contributed by atoms with E-state index >= 15 is 0 Å². The standard InChI is InChI=1S/C65H42N2O/c1-4-19-43(20-5-1)49-29-18-30-50(44-21-6-2-7-22-44)64(49)66(47-38-40-60-54(41-47)52-28-11-14-35-59(52)67(60)46-25-8-3-9-26-46)48-37-39-57-62(42-48)68-61-36-15-13-33-56(61)65(57)55-32-12-10-27-51(55)53-31-16-23-45-24-17-34-58(65)63(45)53/h1-42H. The molecule has 14 rings (SSSR count). The van der Waals surface area contributed by atoms with Crippen LogP contribution in [0, 0.1) is 0 Å². The van der Waals surface area contributed by atoms with Crippen LogP contribution in [0.1, 0.15) is 22.3 Å². The zero-order valence-corrected chi connectivity index (χ0v) is 37.1. The number of aromatic nitrogens is 1. The summed E-state index contributed by atoms with van der Waals surface area (Å²) in [5.41, 5.74) is 17.8. The Morgan fingerprint density at radius 1 is 0.353 bits per heavy atom. The quantitative estimate of drug-likeness (QED) is 0.166. The molecule has 1 aliphatic heterocycles. The number of rotatable bonds is 6. The van der Waals surface area contributed by atoms with Crippen molar-refractivity contribution in [3.05, 3.63) is 277 Å². The maximum Gasteiger partial charge on any atom is 0.134 e. The third kappa shape index (κ3) is 5.54. The van der Waals surface area contributed by atoms with Gasteiger partial charge < -0.3 is 14.2 Å². The summed E-state index contributed by atoms with van der Waals surface area (Å²) < 4.78 is 9.63. The lowest BCUT2D eigenvalue weighted by atomic mass is 9.58. The fourth-order valence-electron chi connectivity index (χ4n) is 11.7. The summed E-state index contributed by atoms with van der Waals surface area (Å²) in [6.45, 7) is 0. The average molecular weight is 867 g/mol. The molecule has 1 aliphatic carbocycles. The van der Waals surface area contributed by atoms with Crippen LogP contribution in [0.5, 0.6) is 11.5 Å². The molecule has 1 aromatic heterocycles. The van der Waals surface area contributed by atoms with Crippen LogP contribution in [-0.2, 0) is 5.41 Å². The zero-order valence-electron chi connectivity index (χ0n) is 37.1. The van der Waals surface area contributed by atoms with Gasteiger partial charge in [-0.05, 0) is 92.7 Å². The Hall–Kier alpha value is -8.92. The predicted octanol–water partition coefficient (Wildman–Crippen LogP) is 17.2. The van der Waals surface area contributed by atoms with Gasteiger partial charge >= 0.3 is 0 Å². The molecule has 2 aliphatic rings. The summed E-state index contributed by atoms with van der Waals surface area (Å²) in [4.78, 5) is 2.47. The molecular formula is C65H42N2O. The highest BCUT2D eigenvalue weighted by molar-refractivity contribution is 6.11. The minimum absolute atomic E-state index is 0.646. The van der Waals surface area contributed by atoms with Gasteiger partial charge in [-0.25, -0.2) is 0 Å². The van der Waals surface area contributed by atoms with Crippen molar-refractivity contribution in [2.45, 2.75) is 5.41 Å². The molecule has 0 saturated carbocycles. The molecule has 3 heteroatoms. The van der Waals surface area contributed by atoms with Gasteiger partial charge in [-0.15, -0.1) is 0 Å². The molecule has 1 spiro atoms. The van der Waals surface area contributed by atoms with Crippen molar-refractivity contribution in [2.24, 2.45) is 0 Å². The van der Waals surface area contributed by atoms with Crippen LogP contribution in [0.3, 0.4) is 0 Å². The van der Waals surface area contributed by atoms with Crippen molar-refractivity contribution in [3.8, 4) is 50.6 Å². The fourth-order valence-corrected chi connectivity index (χ4v) is 11.7.